The van der Waals surface area contributed by atoms with Gasteiger partial charge in [0.1, 0.15) is 6.42 Å². The van der Waals surface area contributed by atoms with Crippen LogP contribution in [0.15, 0.2) is 0 Å². The summed E-state index contributed by atoms with van der Waals surface area (Å²) in [5.41, 5.74) is 0. The molecule has 0 radical (unpaired) electrons. The molecular formula is C6H6O7. The average Bonchev–Trinajstić information content (AvgIpc) is 1.96. The Hall–Kier alpha value is -1.63. The van der Waals surface area contributed by atoms with Gasteiger partial charge in [-0.3, -0.25) is 4.79 Å². The number of ether oxygens (including phenoxy) is 2. The van der Waals surface area contributed by atoms with E-state index < -0.39 is 36.7 Å². The lowest BCUT2D eigenvalue weighted by Crippen LogP contribution is -2.49. The third-order valence-electron chi connectivity index (χ3n) is 1.31. The summed E-state index contributed by atoms with van der Waals surface area (Å²) in [6.45, 7) is -0.663. The summed E-state index contributed by atoms with van der Waals surface area (Å²) in [6.07, 6.45) is -0.827. The lowest BCUT2D eigenvalue weighted by atomic mass is 10.2. The summed E-state index contributed by atoms with van der Waals surface area (Å²) in [6, 6.07) is 0. The fourth-order valence-corrected chi connectivity index (χ4v) is 0.804. The van der Waals surface area contributed by atoms with E-state index in [0.717, 1.165) is 0 Å². The first-order chi connectivity index (χ1) is 5.93. The van der Waals surface area contributed by atoms with Crippen molar-refractivity contribution < 1.29 is 34.1 Å². The molecule has 72 valence electrons. The zero-order valence-electron chi connectivity index (χ0n) is 6.35. The van der Waals surface area contributed by atoms with Crippen molar-refractivity contribution in [2.24, 2.45) is 0 Å². The number of carbonyl (C=O) groups excluding carboxylic acids is 2. The summed E-state index contributed by atoms with van der Waals surface area (Å²) in [5, 5.41) is 17.5. The Bertz CT molecular complexity index is 270. The van der Waals surface area contributed by atoms with Gasteiger partial charge in [0.05, 0.1) is 0 Å². The quantitative estimate of drug-likeness (QED) is 0.392. The Labute approximate surface area is 71.9 Å². The zero-order valence-corrected chi connectivity index (χ0v) is 6.35. The number of carbonyl (C=O) groups is 3. The molecule has 2 N–H and O–H groups in total. The third-order valence-corrected chi connectivity index (χ3v) is 1.31. The predicted octanol–water partition coefficient (Wildman–Crippen LogP) is -1.75. The molecule has 1 heterocycles. The van der Waals surface area contributed by atoms with E-state index >= 15 is 0 Å². The van der Waals surface area contributed by atoms with E-state index in [2.05, 4.69) is 9.47 Å². The molecule has 13 heavy (non-hydrogen) atoms. The number of hydrogen-bond acceptors (Lipinski definition) is 6. The SMILES string of the molecule is O=C(O)CC1(O)COC(=O)C(=O)O1. The topological polar surface area (TPSA) is 110 Å². The molecule has 0 spiro atoms. The van der Waals surface area contributed by atoms with Crippen LogP contribution >= 0.6 is 0 Å². The molecular weight excluding hydrogens is 184 g/mol. The van der Waals surface area contributed by atoms with Gasteiger partial charge in [0.25, 0.3) is 5.79 Å². The summed E-state index contributed by atoms with van der Waals surface area (Å²) < 4.78 is 8.34. The van der Waals surface area contributed by atoms with Gasteiger partial charge >= 0.3 is 17.9 Å². The first kappa shape index (κ1) is 9.46. The van der Waals surface area contributed by atoms with Crippen LogP contribution in [0.5, 0.6) is 0 Å². The minimum Gasteiger partial charge on any atom is -0.481 e. The van der Waals surface area contributed by atoms with E-state index in [9.17, 15) is 19.5 Å². The maximum atomic E-state index is 10.5. The summed E-state index contributed by atoms with van der Waals surface area (Å²) in [4.78, 5) is 31.1. The Morgan fingerprint density at radius 3 is 2.54 bits per heavy atom. The number of carboxylic acid groups (broad SMARTS) is 1. The second kappa shape index (κ2) is 3.02. The molecule has 7 nitrogen and oxygen atoms in total. The summed E-state index contributed by atoms with van der Waals surface area (Å²) in [7, 11) is 0. The zero-order chi connectivity index (χ0) is 10.1. The van der Waals surface area contributed by atoms with Gasteiger partial charge in [-0.25, -0.2) is 9.59 Å². The van der Waals surface area contributed by atoms with E-state index in [1.807, 2.05) is 0 Å². The Kier molecular flexibility index (Phi) is 2.20. The smallest absolute Gasteiger partial charge is 0.420 e. The van der Waals surface area contributed by atoms with Crippen LogP contribution in [0.3, 0.4) is 0 Å². The largest absolute Gasteiger partial charge is 0.481 e. The predicted molar refractivity (Wildman–Crippen MR) is 34.3 cm³/mol. The van der Waals surface area contributed by atoms with Crippen LogP contribution in [0.2, 0.25) is 0 Å². The van der Waals surface area contributed by atoms with E-state index in [0.29, 0.717) is 0 Å². The molecule has 7 heteroatoms. The van der Waals surface area contributed by atoms with Crippen LogP contribution < -0.4 is 0 Å². The molecule has 0 saturated carbocycles. The van der Waals surface area contributed by atoms with Crippen LogP contribution in [0.1, 0.15) is 6.42 Å². The second-order valence-electron chi connectivity index (χ2n) is 2.48. The standard InChI is InChI=1S/C6H6O7/c7-3(8)1-6(11)2-12-4(9)5(10)13-6/h11H,1-2H2,(H,7,8). The maximum absolute atomic E-state index is 10.5. The van der Waals surface area contributed by atoms with Crippen molar-refractivity contribution in [3.63, 3.8) is 0 Å². The van der Waals surface area contributed by atoms with Crippen LogP contribution in [0, 0.1) is 0 Å². The van der Waals surface area contributed by atoms with Crippen molar-refractivity contribution >= 4 is 17.9 Å². The number of hydrogen-bond donors (Lipinski definition) is 2. The van der Waals surface area contributed by atoms with Gasteiger partial charge < -0.3 is 19.7 Å². The number of cyclic esters (lactones) is 2. The monoisotopic (exact) mass is 190 g/mol. The summed E-state index contributed by atoms with van der Waals surface area (Å²) >= 11 is 0. The van der Waals surface area contributed by atoms with E-state index in [1.54, 1.807) is 0 Å². The van der Waals surface area contributed by atoms with Crippen molar-refractivity contribution in [2.45, 2.75) is 12.2 Å². The molecule has 1 unspecified atom stereocenters. The van der Waals surface area contributed by atoms with Crippen LogP contribution in [-0.4, -0.2) is 40.5 Å². The second-order valence-corrected chi connectivity index (χ2v) is 2.48. The fraction of sp³-hybridized carbons (Fsp3) is 0.500. The highest BCUT2D eigenvalue weighted by molar-refractivity contribution is 6.30. The highest BCUT2D eigenvalue weighted by atomic mass is 16.7. The molecule has 0 bridgehead atoms. The van der Waals surface area contributed by atoms with E-state index in [-0.39, 0.29) is 0 Å². The first-order valence-electron chi connectivity index (χ1n) is 3.27. The van der Waals surface area contributed by atoms with Crippen LogP contribution in [-0.2, 0) is 23.9 Å². The highest BCUT2D eigenvalue weighted by Crippen LogP contribution is 2.17. The molecule has 0 aromatic heterocycles. The molecule has 1 rings (SSSR count). The third kappa shape index (κ3) is 2.15. The van der Waals surface area contributed by atoms with Gasteiger partial charge in [0.15, 0.2) is 6.61 Å². The number of rotatable bonds is 2. The number of esters is 2. The summed E-state index contributed by atoms with van der Waals surface area (Å²) in [5.74, 6) is -6.24. The van der Waals surface area contributed by atoms with Crippen molar-refractivity contribution in [1.29, 1.82) is 0 Å². The van der Waals surface area contributed by atoms with Crippen molar-refractivity contribution in [3.8, 4) is 0 Å². The van der Waals surface area contributed by atoms with Crippen molar-refractivity contribution in [3.05, 3.63) is 0 Å². The van der Waals surface area contributed by atoms with Gasteiger partial charge in [-0.05, 0) is 0 Å². The van der Waals surface area contributed by atoms with Crippen molar-refractivity contribution in [2.75, 3.05) is 6.61 Å². The van der Waals surface area contributed by atoms with Gasteiger partial charge in [-0.1, -0.05) is 0 Å². The minimum absolute atomic E-state index is 0.663. The van der Waals surface area contributed by atoms with Crippen molar-refractivity contribution in [1.82, 2.24) is 0 Å². The van der Waals surface area contributed by atoms with Gasteiger partial charge in [-0.2, -0.15) is 0 Å². The highest BCUT2D eigenvalue weighted by Gasteiger charge is 2.43. The molecule has 0 aliphatic carbocycles. The Balaban J connectivity index is 2.66. The lowest BCUT2D eigenvalue weighted by Gasteiger charge is -2.28. The Morgan fingerprint density at radius 2 is 2.08 bits per heavy atom. The molecule has 1 aliphatic rings. The number of aliphatic carboxylic acids is 1. The molecule has 1 saturated heterocycles. The number of aliphatic hydroxyl groups is 1. The number of carboxylic acids is 1. The first-order valence-corrected chi connectivity index (χ1v) is 3.27. The van der Waals surface area contributed by atoms with E-state index in [1.165, 1.54) is 0 Å². The van der Waals surface area contributed by atoms with Crippen LogP contribution in [0.25, 0.3) is 0 Å². The van der Waals surface area contributed by atoms with Gasteiger partial charge in [0.2, 0.25) is 0 Å². The molecule has 0 amide bonds. The average molecular weight is 190 g/mol. The van der Waals surface area contributed by atoms with Gasteiger partial charge in [-0.15, -0.1) is 0 Å². The fourth-order valence-electron chi connectivity index (χ4n) is 0.804. The van der Waals surface area contributed by atoms with E-state index in [4.69, 9.17) is 5.11 Å². The molecule has 1 atom stereocenters. The molecule has 1 aliphatic heterocycles. The maximum Gasteiger partial charge on any atom is 0.420 e. The van der Waals surface area contributed by atoms with Crippen LogP contribution in [0.4, 0.5) is 0 Å². The van der Waals surface area contributed by atoms with Gasteiger partial charge in [0, 0.05) is 0 Å². The lowest BCUT2D eigenvalue weighted by molar-refractivity contribution is -0.251. The normalized spacial score (nSPS) is 27.8. The Morgan fingerprint density at radius 1 is 1.46 bits per heavy atom. The minimum atomic E-state index is -2.24. The molecule has 0 aromatic rings. The molecule has 1 fully saturated rings. The molecule has 0 aromatic carbocycles.